The number of nitrogens with one attached hydrogen (secondary N) is 3. The smallest absolute Gasteiger partial charge is 0.239 e. The zero-order chi connectivity index (χ0) is 13.7. The van der Waals surface area contributed by atoms with E-state index >= 15 is 0 Å². The summed E-state index contributed by atoms with van der Waals surface area (Å²) in [7, 11) is 3.34. The number of hydrogen-bond donors (Lipinski definition) is 3. The fourth-order valence-corrected chi connectivity index (χ4v) is 1.86. The Labute approximate surface area is 112 Å². The molecule has 1 fully saturated rings. The van der Waals surface area contributed by atoms with E-state index in [-0.39, 0.29) is 12.5 Å². The summed E-state index contributed by atoms with van der Waals surface area (Å²) in [4.78, 5) is 26.2. The third-order valence-electron chi connectivity index (χ3n) is 2.92. The zero-order valence-corrected chi connectivity index (χ0v) is 11.2. The minimum atomic E-state index is -0.117. The first kappa shape index (κ1) is 13.3. The Morgan fingerprint density at radius 2 is 1.84 bits per heavy atom. The molecule has 1 aliphatic rings. The maximum absolute atomic E-state index is 11.2. The molecular formula is C11H19N7O. The molecule has 1 saturated heterocycles. The molecule has 1 aliphatic heterocycles. The first-order chi connectivity index (χ1) is 9.22. The molecule has 1 aromatic heterocycles. The Hall–Kier alpha value is -2.12. The van der Waals surface area contributed by atoms with E-state index < -0.39 is 0 Å². The Morgan fingerprint density at radius 1 is 1.16 bits per heavy atom. The molecular weight excluding hydrogens is 246 g/mol. The van der Waals surface area contributed by atoms with Crippen molar-refractivity contribution in [3.63, 3.8) is 0 Å². The molecule has 8 heteroatoms. The summed E-state index contributed by atoms with van der Waals surface area (Å²) >= 11 is 0. The molecule has 3 N–H and O–H groups in total. The molecule has 0 radical (unpaired) electrons. The number of likely N-dealkylation sites (N-methyl/N-ethyl adjacent to an activating group) is 1. The summed E-state index contributed by atoms with van der Waals surface area (Å²) in [5.41, 5.74) is 0. The Bertz CT molecular complexity index is 445. The van der Waals surface area contributed by atoms with Crippen molar-refractivity contribution in [3.05, 3.63) is 0 Å². The van der Waals surface area contributed by atoms with Crippen LogP contribution < -0.4 is 20.9 Å². The van der Waals surface area contributed by atoms with E-state index in [1.807, 2.05) is 0 Å². The summed E-state index contributed by atoms with van der Waals surface area (Å²) in [6, 6.07) is 0. The summed E-state index contributed by atoms with van der Waals surface area (Å²) in [6.07, 6.45) is 2.31. The molecule has 1 aromatic rings. The quantitative estimate of drug-likeness (QED) is 0.671. The van der Waals surface area contributed by atoms with Crippen molar-refractivity contribution < 1.29 is 4.79 Å². The number of carbonyl (C=O) groups excluding carboxylic acids is 1. The Kier molecular flexibility index (Phi) is 4.32. The lowest BCUT2D eigenvalue weighted by Gasteiger charge is -2.16. The van der Waals surface area contributed by atoms with Crippen LogP contribution in [-0.4, -0.2) is 54.6 Å². The van der Waals surface area contributed by atoms with Gasteiger partial charge >= 0.3 is 0 Å². The van der Waals surface area contributed by atoms with E-state index in [1.165, 1.54) is 0 Å². The van der Waals surface area contributed by atoms with Gasteiger partial charge in [0, 0.05) is 27.2 Å². The van der Waals surface area contributed by atoms with Crippen LogP contribution in [0.4, 0.5) is 17.8 Å². The monoisotopic (exact) mass is 265 g/mol. The van der Waals surface area contributed by atoms with Gasteiger partial charge in [-0.25, -0.2) is 0 Å². The molecule has 1 amide bonds. The molecule has 0 spiro atoms. The van der Waals surface area contributed by atoms with Gasteiger partial charge in [-0.1, -0.05) is 0 Å². The average Bonchev–Trinajstić information content (AvgIpc) is 2.98. The summed E-state index contributed by atoms with van der Waals surface area (Å²) < 4.78 is 0. The molecule has 0 atom stereocenters. The van der Waals surface area contributed by atoms with Crippen LogP contribution >= 0.6 is 0 Å². The van der Waals surface area contributed by atoms with Gasteiger partial charge in [0.25, 0.3) is 0 Å². The lowest BCUT2D eigenvalue weighted by atomic mass is 10.4. The maximum Gasteiger partial charge on any atom is 0.239 e. The van der Waals surface area contributed by atoms with E-state index in [0.29, 0.717) is 17.8 Å². The molecule has 0 aliphatic carbocycles. The molecule has 2 rings (SSSR count). The van der Waals surface area contributed by atoms with Crippen molar-refractivity contribution in [2.75, 3.05) is 49.3 Å². The number of nitrogens with zero attached hydrogens (tertiary/aromatic N) is 4. The van der Waals surface area contributed by atoms with Crippen molar-refractivity contribution >= 4 is 23.8 Å². The topological polar surface area (TPSA) is 95.1 Å². The second-order valence-corrected chi connectivity index (χ2v) is 4.25. The fraction of sp³-hybridized carbons (Fsp3) is 0.636. The number of hydrogen-bond acceptors (Lipinski definition) is 7. The van der Waals surface area contributed by atoms with Crippen molar-refractivity contribution in [1.82, 2.24) is 20.3 Å². The van der Waals surface area contributed by atoms with Gasteiger partial charge in [-0.2, -0.15) is 15.0 Å². The molecule has 0 aromatic carbocycles. The van der Waals surface area contributed by atoms with Gasteiger partial charge in [0.15, 0.2) is 0 Å². The molecule has 0 unspecified atom stereocenters. The lowest BCUT2D eigenvalue weighted by molar-refractivity contribution is -0.118. The molecule has 8 nitrogen and oxygen atoms in total. The average molecular weight is 265 g/mol. The van der Waals surface area contributed by atoms with Crippen molar-refractivity contribution in [1.29, 1.82) is 0 Å². The second kappa shape index (κ2) is 6.17. The van der Waals surface area contributed by atoms with Gasteiger partial charge < -0.3 is 20.9 Å². The zero-order valence-electron chi connectivity index (χ0n) is 11.2. The highest BCUT2D eigenvalue weighted by Crippen LogP contribution is 2.18. The maximum atomic E-state index is 11.2. The number of carbonyl (C=O) groups is 1. The normalized spacial score (nSPS) is 14.3. The van der Waals surface area contributed by atoms with Gasteiger partial charge in [-0.05, 0) is 12.8 Å². The number of aromatic nitrogens is 3. The van der Waals surface area contributed by atoms with Crippen molar-refractivity contribution in [2.45, 2.75) is 12.8 Å². The SMILES string of the molecule is CNC(=O)CNc1nc(NC)nc(N2CCCC2)n1. The van der Waals surface area contributed by atoms with E-state index in [2.05, 4.69) is 35.8 Å². The summed E-state index contributed by atoms with van der Waals surface area (Å²) in [5, 5.41) is 8.33. The number of amides is 1. The van der Waals surface area contributed by atoms with Crippen LogP contribution in [0.2, 0.25) is 0 Å². The van der Waals surface area contributed by atoms with Gasteiger partial charge in [0.2, 0.25) is 23.8 Å². The lowest BCUT2D eigenvalue weighted by Crippen LogP contribution is -2.27. The molecule has 2 heterocycles. The van der Waals surface area contributed by atoms with Crippen molar-refractivity contribution in [2.24, 2.45) is 0 Å². The molecule has 104 valence electrons. The van der Waals surface area contributed by atoms with Crippen LogP contribution in [0.5, 0.6) is 0 Å². The van der Waals surface area contributed by atoms with Crippen LogP contribution in [0.1, 0.15) is 12.8 Å². The standard InChI is InChI=1S/C11H19N7O/c1-12-8(19)7-14-10-15-9(13-2)16-11(17-10)18-5-3-4-6-18/h3-7H2,1-2H3,(H,12,19)(H2,13,14,15,16,17). The second-order valence-electron chi connectivity index (χ2n) is 4.25. The van der Waals surface area contributed by atoms with Crippen LogP contribution in [-0.2, 0) is 4.79 Å². The Morgan fingerprint density at radius 3 is 2.47 bits per heavy atom. The van der Waals surface area contributed by atoms with Gasteiger partial charge in [0.05, 0.1) is 6.54 Å². The van der Waals surface area contributed by atoms with Crippen molar-refractivity contribution in [3.8, 4) is 0 Å². The van der Waals surface area contributed by atoms with Crippen LogP contribution in [0.25, 0.3) is 0 Å². The molecule has 0 saturated carbocycles. The third kappa shape index (κ3) is 3.43. The van der Waals surface area contributed by atoms with Gasteiger partial charge in [0.1, 0.15) is 0 Å². The third-order valence-corrected chi connectivity index (χ3v) is 2.92. The fourth-order valence-electron chi connectivity index (χ4n) is 1.86. The van der Waals surface area contributed by atoms with Gasteiger partial charge in [-0.3, -0.25) is 4.79 Å². The van der Waals surface area contributed by atoms with Gasteiger partial charge in [-0.15, -0.1) is 0 Å². The Balaban J connectivity index is 2.13. The molecule has 19 heavy (non-hydrogen) atoms. The van der Waals surface area contributed by atoms with E-state index in [0.717, 1.165) is 25.9 Å². The van der Waals surface area contributed by atoms with Crippen LogP contribution in [0.3, 0.4) is 0 Å². The predicted molar refractivity (Wildman–Crippen MR) is 73.4 cm³/mol. The largest absolute Gasteiger partial charge is 0.358 e. The van der Waals surface area contributed by atoms with E-state index in [9.17, 15) is 4.79 Å². The molecule has 0 bridgehead atoms. The highest BCUT2D eigenvalue weighted by atomic mass is 16.1. The highest BCUT2D eigenvalue weighted by Gasteiger charge is 2.17. The van der Waals surface area contributed by atoms with Crippen LogP contribution in [0.15, 0.2) is 0 Å². The van der Waals surface area contributed by atoms with E-state index in [1.54, 1.807) is 14.1 Å². The summed E-state index contributed by atoms with van der Waals surface area (Å²) in [6.45, 7) is 2.06. The summed E-state index contributed by atoms with van der Waals surface area (Å²) in [5.74, 6) is 1.44. The number of anilines is 3. The minimum Gasteiger partial charge on any atom is -0.358 e. The number of rotatable bonds is 5. The van der Waals surface area contributed by atoms with E-state index in [4.69, 9.17) is 0 Å². The first-order valence-electron chi connectivity index (χ1n) is 6.36. The van der Waals surface area contributed by atoms with Crippen LogP contribution in [0, 0.1) is 0 Å². The minimum absolute atomic E-state index is 0.117. The predicted octanol–water partition coefficient (Wildman–Crippen LogP) is -0.329. The first-order valence-corrected chi connectivity index (χ1v) is 6.36. The highest BCUT2D eigenvalue weighted by molar-refractivity contribution is 5.79.